The fourth-order valence-electron chi connectivity index (χ4n) is 4.02. The Labute approximate surface area is 150 Å². The first kappa shape index (κ1) is 16.1. The van der Waals surface area contributed by atoms with Crippen LogP contribution in [0.15, 0.2) is 30.5 Å². The third-order valence-electron chi connectivity index (χ3n) is 5.35. The number of ether oxygens (including phenoxy) is 1. The van der Waals surface area contributed by atoms with Crippen LogP contribution in [0.25, 0.3) is 22.0 Å². The molecular formula is C23H26NO+. The Morgan fingerprint density at radius 3 is 2.52 bits per heavy atom. The summed E-state index contributed by atoms with van der Waals surface area (Å²) in [5.41, 5.74) is 7.74. The minimum Gasteiger partial charge on any atom is -0.449 e. The second-order valence-corrected chi connectivity index (χ2v) is 7.87. The highest BCUT2D eigenvalue weighted by molar-refractivity contribution is 6.05. The lowest BCUT2D eigenvalue weighted by atomic mass is 9.88. The molecule has 0 unspecified atom stereocenters. The first-order valence-corrected chi connectivity index (χ1v) is 9.11. The van der Waals surface area contributed by atoms with Gasteiger partial charge < -0.3 is 4.74 Å². The number of hydrogen-bond donors (Lipinski definition) is 0. The predicted octanol–water partition coefficient (Wildman–Crippen LogP) is 5.56. The lowest BCUT2D eigenvalue weighted by Crippen LogP contribution is -2.32. The quantitative estimate of drug-likeness (QED) is 0.438. The van der Waals surface area contributed by atoms with Gasteiger partial charge in [-0.2, -0.15) is 4.57 Å². The van der Waals surface area contributed by atoms with Crippen molar-refractivity contribution in [3.63, 3.8) is 0 Å². The van der Waals surface area contributed by atoms with Crippen LogP contribution in [0.3, 0.4) is 0 Å². The average Bonchev–Trinajstić information content (AvgIpc) is 2.54. The highest BCUT2D eigenvalue weighted by atomic mass is 16.5. The molecule has 25 heavy (non-hydrogen) atoms. The minimum absolute atomic E-state index is 0.631. The molecule has 0 bridgehead atoms. The average molecular weight is 332 g/mol. The van der Waals surface area contributed by atoms with E-state index in [-0.39, 0.29) is 0 Å². The third-order valence-corrected chi connectivity index (χ3v) is 5.35. The Morgan fingerprint density at radius 1 is 1.04 bits per heavy atom. The predicted molar refractivity (Wildman–Crippen MR) is 103 cm³/mol. The molecule has 0 aliphatic carbocycles. The number of aromatic nitrogens is 1. The summed E-state index contributed by atoms with van der Waals surface area (Å²) < 4.78 is 8.65. The van der Waals surface area contributed by atoms with Gasteiger partial charge in [0.25, 0.3) is 5.69 Å². The van der Waals surface area contributed by atoms with Crippen molar-refractivity contribution in [1.29, 1.82) is 0 Å². The molecule has 0 fully saturated rings. The molecule has 0 amide bonds. The first-order valence-electron chi connectivity index (χ1n) is 9.11. The van der Waals surface area contributed by atoms with E-state index in [0.29, 0.717) is 5.92 Å². The molecule has 0 saturated carbocycles. The topological polar surface area (TPSA) is 13.1 Å². The van der Waals surface area contributed by atoms with Crippen LogP contribution >= 0.6 is 0 Å². The van der Waals surface area contributed by atoms with Crippen molar-refractivity contribution >= 4 is 10.8 Å². The number of aryl methyl sites for hydroxylation is 3. The zero-order chi connectivity index (χ0) is 17.9. The third kappa shape index (κ3) is 2.43. The Morgan fingerprint density at radius 2 is 1.80 bits per heavy atom. The van der Waals surface area contributed by atoms with Crippen LogP contribution in [-0.2, 0) is 13.5 Å². The summed E-state index contributed by atoms with van der Waals surface area (Å²) in [7, 11) is 2.10. The lowest BCUT2D eigenvalue weighted by Gasteiger charge is -2.23. The van der Waals surface area contributed by atoms with Gasteiger partial charge in [-0.1, -0.05) is 26.0 Å². The van der Waals surface area contributed by atoms with Crippen molar-refractivity contribution in [3.8, 4) is 22.8 Å². The van der Waals surface area contributed by atoms with Crippen molar-refractivity contribution in [2.24, 2.45) is 13.0 Å². The van der Waals surface area contributed by atoms with E-state index in [2.05, 4.69) is 76.7 Å². The van der Waals surface area contributed by atoms with Crippen LogP contribution in [0.4, 0.5) is 0 Å². The van der Waals surface area contributed by atoms with Gasteiger partial charge in [-0.3, -0.25) is 0 Å². The molecule has 2 heterocycles. The molecule has 0 spiro atoms. The molecule has 1 aliphatic heterocycles. The summed E-state index contributed by atoms with van der Waals surface area (Å²) in [6.45, 7) is 11.1. The maximum absolute atomic E-state index is 6.46. The van der Waals surface area contributed by atoms with Gasteiger partial charge in [0.1, 0.15) is 12.8 Å². The summed E-state index contributed by atoms with van der Waals surface area (Å²) in [6, 6.07) is 9.03. The number of nitrogens with zero attached hydrogens (tertiary/aromatic N) is 1. The fourth-order valence-corrected chi connectivity index (χ4v) is 4.02. The molecule has 128 valence electrons. The Bertz CT molecular complexity index is 1010. The fraction of sp³-hybridized carbons (Fsp3) is 0.348. The number of fused-ring (bicyclic) bond motifs is 2. The van der Waals surface area contributed by atoms with Crippen molar-refractivity contribution in [1.82, 2.24) is 0 Å². The van der Waals surface area contributed by atoms with Crippen LogP contribution < -0.4 is 9.30 Å². The van der Waals surface area contributed by atoms with Crippen molar-refractivity contribution in [2.75, 3.05) is 0 Å². The Kier molecular flexibility index (Phi) is 3.61. The summed E-state index contributed by atoms with van der Waals surface area (Å²) in [5.74, 6) is 2.63. The number of rotatable bonds is 2. The van der Waals surface area contributed by atoms with E-state index in [1.165, 1.54) is 44.3 Å². The molecule has 0 radical (unpaired) electrons. The van der Waals surface area contributed by atoms with Gasteiger partial charge >= 0.3 is 0 Å². The molecule has 0 saturated heterocycles. The minimum atomic E-state index is 0.631. The van der Waals surface area contributed by atoms with Crippen LogP contribution in [0, 0.1) is 26.7 Å². The van der Waals surface area contributed by atoms with Crippen LogP contribution in [0.5, 0.6) is 11.5 Å². The van der Waals surface area contributed by atoms with Gasteiger partial charge in [0, 0.05) is 17.0 Å². The number of hydrogen-bond acceptors (Lipinski definition) is 1. The monoisotopic (exact) mass is 332 g/mol. The number of pyridine rings is 1. The van der Waals surface area contributed by atoms with Crippen LogP contribution in [-0.4, -0.2) is 0 Å². The normalized spacial score (nSPS) is 12.4. The van der Waals surface area contributed by atoms with Gasteiger partial charge in [0.05, 0.1) is 5.56 Å². The SMILES string of the molecule is Cc1cc2cc(CC(C)C)cc3c2c(c1C)-c1c(c(C)cc[n+]1C)O3. The summed E-state index contributed by atoms with van der Waals surface area (Å²) >= 11 is 0. The largest absolute Gasteiger partial charge is 0.449 e. The first-order chi connectivity index (χ1) is 11.9. The molecule has 2 aromatic carbocycles. The van der Waals surface area contributed by atoms with E-state index < -0.39 is 0 Å². The van der Waals surface area contributed by atoms with E-state index in [4.69, 9.17) is 4.74 Å². The van der Waals surface area contributed by atoms with Gasteiger partial charge in [0.15, 0.2) is 6.20 Å². The van der Waals surface area contributed by atoms with E-state index in [1.807, 2.05) is 0 Å². The van der Waals surface area contributed by atoms with Crippen molar-refractivity contribution < 1.29 is 9.30 Å². The summed E-state index contributed by atoms with van der Waals surface area (Å²) in [6.07, 6.45) is 3.20. The molecule has 1 aromatic heterocycles. The standard InChI is InChI=1S/C23H26NO/c1-13(2)9-17-11-18-10-15(4)16(5)20-21(18)19(12-17)25-23-14(3)7-8-24(6)22(20)23/h7-8,10-13H,9H2,1-6H3/q+1. The Balaban J connectivity index is 2.13. The molecule has 3 aromatic rings. The second kappa shape index (κ2) is 5.59. The second-order valence-electron chi connectivity index (χ2n) is 7.87. The summed E-state index contributed by atoms with van der Waals surface area (Å²) in [5, 5.41) is 2.54. The number of benzene rings is 2. The van der Waals surface area contributed by atoms with Crippen molar-refractivity contribution in [3.05, 3.63) is 52.7 Å². The van der Waals surface area contributed by atoms with E-state index in [9.17, 15) is 0 Å². The van der Waals surface area contributed by atoms with Crippen molar-refractivity contribution in [2.45, 2.75) is 41.0 Å². The zero-order valence-corrected chi connectivity index (χ0v) is 16.0. The molecule has 0 N–H and O–H groups in total. The molecule has 1 aliphatic rings. The zero-order valence-electron chi connectivity index (χ0n) is 16.0. The van der Waals surface area contributed by atoms with E-state index in [0.717, 1.165) is 17.9 Å². The van der Waals surface area contributed by atoms with Gasteiger partial charge in [-0.25, -0.2) is 0 Å². The van der Waals surface area contributed by atoms with Gasteiger partial charge in [-0.05, 0) is 61.3 Å². The molecular weight excluding hydrogens is 306 g/mol. The summed E-state index contributed by atoms with van der Waals surface area (Å²) in [4.78, 5) is 0. The van der Waals surface area contributed by atoms with Crippen LogP contribution in [0.1, 0.15) is 36.1 Å². The van der Waals surface area contributed by atoms with E-state index >= 15 is 0 Å². The van der Waals surface area contributed by atoms with E-state index in [1.54, 1.807) is 0 Å². The maximum atomic E-state index is 6.46. The highest BCUT2D eigenvalue weighted by Gasteiger charge is 2.31. The molecule has 0 atom stereocenters. The maximum Gasteiger partial charge on any atom is 0.256 e. The lowest BCUT2D eigenvalue weighted by molar-refractivity contribution is -0.660. The molecule has 2 heteroatoms. The van der Waals surface area contributed by atoms with Crippen LogP contribution in [0.2, 0.25) is 0 Å². The Hall–Kier alpha value is -2.35. The smallest absolute Gasteiger partial charge is 0.256 e. The highest BCUT2D eigenvalue weighted by Crippen LogP contribution is 2.48. The molecule has 4 rings (SSSR count). The van der Waals surface area contributed by atoms with Gasteiger partial charge in [0.2, 0.25) is 5.75 Å². The van der Waals surface area contributed by atoms with Gasteiger partial charge in [-0.15, -0.1) is 0 Å². The molecule has 2 nitrogen and oxygen atoms in total.